The molecule has 0 aliphatic rings. The van der Waals surface area contributed by atoms with E-state index in [1.54, 1.807) is 12.1 Å². The van der Waals surface area contributed by atoms with Gasteiger partial charge in [-0.25, -0.2) is 9.97 Å². The van der Waals surface area contributed by atoms with Crippen molar-refractivity contribution in [3.8, 4) is 17.0 Å². The molecule has 1 aromatic carbocycles. The van der Waals surface area contributed by atoms with Gasteiger partial charge in [-0.15, -0.1) is 13.2 Å². The van der Waals surface area contributed by atoms with Crippen molar-refractivity contribution in [2.24, 2.45) is 0 Å². The Morgan fingerprint density at radius 2 is 1.90 bits per heavy atom. The van der Waals surface area contributed by atoms with E-state index in [1.807, 2.05) is 6.92 Å². The topological polar surface area (TPSA) is 35.0 Å². The molecule has 112 valence electrons. The minimum absolute atomic E-state index is 0.273. The lowest BCUT2D eigenvalue weighted by molar-refractivity contribution is -0.274. The Labute approximate surface area is 128 Å². The molecule has 7 heteroatoms. The van der Waals surface area contributed by atoms with Crippen molar-refractivity contribution in [2.75, 3.05) is 0 Å². The first-order valence-corrected chi connectivity index (χ1v) is 7.07. The molecule has 0 saturated heterocycles. The van der Waals surface area contributed by atoms with Crippen molar-refractivity contribution in [1.29, 1.82) is 0 Å². The van der Waals surface area contributed by atoms with Crippen LogP contribution in [0, 0.1) is 0 Å². The fourth-order valence-electron chi connectivity index (χ4n) is 1.83. The maximum Gasteiger partial charge on any atom is 0.573 e. The third-order valence-electron chi connectivity index (χ3n) is 2.60. The van der Waals surface area contributed by atoms with Gasteiger partial charge in [0.2, 0.25) is 0 Å². The Balaban J connectivity index is 2.46. The van der Waals surface area contributed by atoms with Gasteiger partial charge in [0, 0.05) is 12.0 Å². The summed E-state index contributed by atoms with van der Waals surface area (Å²) < 4.78 is 41.9. The number of rotatable bonds is 4. The Kier molecular flexibility index (Phi) is 4.82. The summed E-state index contributed by atoms with van der Waals surface area (Å²) in [6.07, 6.45) is -3.25. The van der Waals surface area contributed by atoms with Crippen LogP contribution in [-0.4, -0.2) is 16.3 Å². The molecule has 0 fully saturated rings. The summed E-state index contributed by atoms with van der Waals surface area (Å²) in [5.41, 5.74) is 0.662. The molecule has 21 heavy (non-hydrogen) atoms. The largest absolute Gasteiger partial charge is 0.573 e. The molecule has 0 atom stereocenters. The van der Waals surface area contributed by atoms with Crippen molar-refractivity contribution in [3.63, 3.8) is 0 Å². The van der Waals surface area contributed by atoms with Crippen LogP contribution in [0.25, 0.3) is 11.3 Å². The van der Waals surface area contributed by atoms with Crippen LogP contribution in [0.3, 0.4) is 0 Å². The molecular weight excluding hydrogens is 349 g/mol. The molecule has 0 aliphatic carbocycles. The average molecular weight is 361 g/mol. The fraction of sp³-hybridized carbons (Fsp3) is 0.286. The molecule has 0 aliphatic heterocycles. The Hall–Kier alpha value is -1.63. The van der Waals surface area contributed by atoms with Crippen molar-refractivity contribution in [2.45, 2.75) is 26.1 Å². The third-order valence-corrected chi connectivity index (χ3v) is 3.01. The van der Waals surface area contributed by atoms with Crippen LogP contribution < -0.4 is 4.74 Å². The molecule has 0 unspecified atom stereocenters. The lowest BCUT2D eigenvalue weighted by atomic mass is 10.1. The van der Waals surface area contributed by atoms with E-state index in [2.05, 4.69) is 30.6 Å². The molecule has 1 heterocycles. The maximum atomic E-state index is 12.5. The number of nitrogens with zero attached hydrogens (tertiary/aromatic N) is 2. The van der Waals surface area contributed by atoms with E-state index in [9.17, 15) is 13.2 Å². The molecule has 0 N–H and O–H groups in total. The molecule has 1 aromatic heterocycles. The predicted octanol–water partition coefficient (Wildman–Crippen LogP) is 4.76. The fourth-order valence-corrected chi connectivity index (χ4v) is 2.25. The zero-order valence-corrected chi connectivity index (χ0v) is 12.7. The smallest absolute Gasteiger partial charge is 0.405 e. The van der Waals surface area contributed by atoms with Crippen LogP contribution in [0.4, 0.5) is 13.2 Å². The third kappa shape index (κ3) is 4.42. The zero-order valence-electron chi connectivity index (χ0n) is 11.1. The Morgan fingerprint density at radius 1 is 1.19 bits per heavy atom. The van der Waals surface area contributed by atoms with Gasteiger partial charge in [-0.05, 0) is 40.5 Å². The van der Waals surface area contributed by atoms with Crippen molar-refractivity contribution < 1.29 is 17.9 Å². The minimum atomic E-state index is -4.74. The standard InChI is InChI=1S/C14H12BrF3N2O/c1-2-5-13-19-10(8-12(15)20-13)9-6-3-4-7-11(9)21-14(16,17)18/h3-4,6-8H,2,5H2,1H3. The quantitative estimate of drug-likeness (QED) is 0.737. The van der Waals surface area contributed by atoms with Crippen LogP contribution in [0.15, 0.2) is 34.9 Å². The molecular formula is C14H12BrF3N2O. The van der Waals surface area contributed by atoms with Gasteiger partial charge in [0.15, 0.2) is 0 Å². The van der Waals surface area contributed by atoms with E-state index >= 15 is 0 Å². The highest BCUT2D eigenvalue weighted by Crippen LogP contribution is 2.33. The molecule has 0 bridgehead atoms. The second-order valence-electron chi connectivity index (χ2n) is 4.29. The number of benzene rings is 1. The maximum absolute atomic E-state index is 12.5. The number of aromatic nitrogens is 2. The summed E-state index contributed by atoms with van der Waals surface area (Å²) in [4.78, 5) is 8.49. The minimum Gasteiger partial charge on any atom is -0.405 e. The van der Waals surface area contributed by atoms with Gasteiger partial charge in [0.1, 0.15) is 16.2 Å². The van der Waals surface area contributed by atoms with Gasteiger partial charge in [0.25, 0.3) is 0 Å². The second kappa shape index (κ2) is 6.43. The summed E-state index contributed by atoms with van der Waals surface area (Å²) in [6.45, 7) is 1.98. The van der Waals surface area contributed by atoms with Gasteiger partial charge in [-0.2, -0.15) is 0 Å². The molecule has 0 spiro atoms. The van der Waals surface area contributed by atoms with Crippen molar-refractivity contribution in [3.05, 3.63) is 40.8 Å². The average Bonchev–Trinajstić information content (AvgIpc) is 2.37. The van der Waals surface area contributed by atoms with Gasteiger partial charge in [0.05, 0.1) is 5.69 Å². The van der Waals surface area contributed by atoms with E-state index in [0.29, 0.717) is 22.5 Å². The number of hydrogen-bond acceptors (Lipinski definition) is 3. The van der Waals surface area contributed by atoms with E-state index in [0.717, 1.165) is 6.42 Å². The zero-order chi connectivity index (χ0) is 15.5. The van der Waals surface area contributed by atoms with Crippen LogP contribution in [0.2, 0.25) is 0 Å². The lowest BCUT2D eigenvalue weighted by Gasteiger charge is -2.13. The summed E-state index contributed by atoms with van der Waals surface area (Å²) >= 11 is 3.25. The van der Waals surface area contributed by atoms with E-state index in [-0.39, 0.29) is 11.3 Å². The SMILES string of the molecule is CCCc1nc(Br)cc(-c2ccccc2OC(F)(F)F)n1. The number of ether oxygens (including phenoxy) is 1. The number of aryl methyl sites for hydroxylation is 1. The predicted molar refractivity (Wildman–Crippen MR) is 75.8 cm³/mol. The number of hydrogen-bond donors (Lipinski definition) is 0. The first kappa shape index (κ1) is 15.8. The van der Waals surface area contributed by atoms with E-state index < -0.39 is 6.36 Å². The number of alkyl halides is 3. The van der Waals surface area contributed by atoms with Crippen molar-refractivity contribution >= 4 is 15.9 Å². The first-order chi connectivity index (χ1) is 9.89. The highest BCUT2D eigenvalue weighted by molar-refractivity contribution is 9.10. The van der Waals surface area contributed by atoms with E-state index in [1.165, 1.54) is 18.2 Å². The van der Waals surface area contributed by atoms with Gasteiger partial charge in [-0.3, -0.25) is 0 Å². The molecule has 2 aromatic rings. The summed E-state index contributed by atoms with van der Waals surface area (Å²) in [5, 5.41) is 0. The number of halogens is 4. The van der Waals surface area contributed by atoms with Crippen molar-refractivity contribution in [1.82, 2.24) is 9.97 Å². The second-order valence-corrected chi connectivity index (χ2v) is 5.10. The molecule has 2 rings (SSSR count). The Morgan fingerprint density at radius 3 is 2.57 bits per heavy atom. The van der Waals surface area contributed by atoms with Crippen LogP contribution >= 0.6 is 15.9 Å². The Bertz CT molecular complexity index is 632. The van der Waals surface area contributed by atoms with E-state index in [4.69, 9.17) is 0 Å². The monoisotopic (exact) mass is 360 g/mol. The van der Waals surface area contributed by atoms with Crippen LogP contribution in [0.5, 0.6) is 5.75 Å². The summed E-state index contributed by atoms with van der Waals surface area (Å²) in [7, 11) is 0. The molecule has 0 saturated carbocycles. The molecule has 0 amide bonds. The van der Waals surface area contributed by atoms with Crippen LogP contribution in [0.1, 0.15) is 19.2 Å². The summed E-state index contributed by atoms with van der Waals surface area (Å²) in [6, 6.07) is 7.48. The lowest BCUT2D eigenvalue weighted by Crippen LogP contribution is -2.17. The van der Waals surface area contributed by atoms with Gasteiger partial charge in [-0.1, -0.05) is 19.1 Å². The molecule has 3 nitrogen and oxygen atoms in total. The number of para-hydroxylation sites is 1. The first-order valence-electron chi connectivity index (χ1n) is 6.27. The van der Waals surface area contributed by atoms with Crippen LogP contribution in [-0.2, 0) is 6.42 Å². The van der Waals surface area contributed by atoms with Gasteiger partial charge < -0.3 is 4.74 Å². The highest BCUT2D eigenvalue weighted by atomic mass is 79.9. The highest BCUT2D eigenvalue weighted by Gasteiger charge is 2.32. The normalized spacial score (nSPS) is 11.5. The summed E-state index contributed by atoms with van der Waals surface area (Å²) in [5.74, 6) is 0.293. The van der Waals surface area contributed by atoms with Gasteiger partial charge >= 0.3 is 6.36 Å². The molecule has 0 radical (unpaired) electrons.